The molecular formula is C66H31N11. The van der Waals surface area contributed by atoms with Crippen LogP contribution in [0.15, 0.2) is 188 Å². The number of hydrogen-bond acceptors (Lipinski definition) is 7. The fraction of sp³-hybridized carbons (Fsp3) is 0. The van der Waals surface area contributed by atoms with Crippen LogP contribution in [0.1, 0.15) is 27.8 Å². The zero-order valence-electron chi connectivity index (χ0n) is 40.3. The van der Waals surface area contributed by atoms with Gasteiger partial charge in [0.05, 0.1) is 94.9 Å². The summed E-state index contributed by atoms with van der Waals surface area (Å²) in [4.78, 5) is 21.4. The van der Waals surface area contributed by atoms with Gasteiger partial charge in [-0.15, -0.1) is 0 Å². The molecule has 0 aliphatic carbocycles. The Kier molecular flexibility index (Phi) is 12.1. The van der Waals surface area contributed by atoms with Gasteiger partial charge in [0.25, 0.3) is 0 Å². The molecule has 11 rings (SSSR count). The van der Waals surface area contributed by atoms with Crippen molar-refractivity contribution < 1.29 is 0 Å². The van der Waals surface area contributed by atoms with E-state index < -0.39 is 0 Å². The van der Waals surface area contributed by atoms with Crippen molar-refractivity contribution in [2.45, 2.75) is 0 Å². The second kappa shape index (κ2) is 19.8. The SMILES string of the molecule is [C-]#[N+]c1cc(C#N)c(-c2ccc3c(c2)c2cc(-c4c(C#N)cc(C#N)cc4[N+]#[C-])ccc2n3-c2c(-c3ccccc3C#N)cc(-c3cc(-c4ccccc4)nc(-c4ccccc4)n3)cc2-c2ccccc2C#N)c([N+]#[C-])c1. The minimum Gasteiger partial charge on any atom is -0.308 e. The third-order valence-electron chi connectivity index (χ3n) is 13.4. The van der Waals surface area contributed by atoms with E-state index in [2.05, 4.69) is 49.4 Å². The molecule has 11 nitrogen and oxygen atoms in total. The van der Waals surface area contributed by atoms with Crippen LogP contribution in [0.5, 0.6) is 0 Å². The van der Waals surface area contributed by atoms with E-state index in [-0.39, 0.29) is 33.8 Å². The smallest absolute Gasteiger partial charge is 0.197 e. The third kappa shape index (κ3) is 8.25. The highest BCUT2D eigenvalue weighted by Gasteiger charge is 2.27. The third-order valence-corrected chi connectivity index (χ3v) is 13.4. The van der Waals surface area contributed by atoms with Crippen LogP contribution in [0.4, 0.5) is 17.1 Å². The van der Waals surface area contributed by atoms with Gasteiger partial charge in [0, 0.05) is 72.0 Å². The van der Waals surface area contributed by atoms with E-state index in [1.165, 1.54) is 24.3 Å². The molecule has 0 aliphatic heterocycles. The topological polar surface area (TPSA) is 163 Å². The molecule has 0 saturated carbocycles. The molecule has 11 aromatic rings. The van der Waals surface area contributed by atoms with Crippen molar-refractivity contribution in [2.75, 3.05) is 0 Å². The molecule has 9 aromatic carbocycles. The summed E-state index contributed by atoms with van der Waals surface area (Å²) in [5.41, 5.74) is 11.2. The van der Waals surface area contributed by atoms with Gasteiger partial charge in [-0.1, -0.05) is 115 Å². The molecule has 0 unspecified atom stereocenters. The molecule has 0 radical (unpaired) electrons. The van der Waals surface area contributed by atoms with E-state index in [0.29, 0.717) is 106 Å². The Morgan fingerprint density at radius 2 is 0.857 bits per heavy atom. The number of rotatable bonds is 8. The fourth-order valence-corrected chi connectivity index (χ4v) is 10.0. The first-order valence-electron chi connectivity index (χ1n) is 23.8. The Hall–Kier alpha value is -12.2. The maximum absolute atomic E-state index is 10.9. The predicted octanol–water partition coefficient (Wildman–Crippen LogP) is 16.3. The van der Waals surface area contributed by atoms with Crippen LogP contribution in [0.3, 0.4) is 0 Å². The van der Waals surface area contributed by atoms with Crippen LogP contribution in [-0.2, 0) is 0 Å². The Morgan fingerprint density at radius 3 is 1.36 bits per heavy atom. The quantitative estimate of drug-likeness (QED) is 0.137. The van der Waals surface area contributed by atoms with Crippen LogP contribution >= 0.6 is 0 Å². The van der Waals surface area contributed by atoms with Crippen molar-refractivity contribution >= 4 is 38.9 Å². The van der Waals surface area contributed by atoms with Crippen LogP contribution < -0.4 is 0 Å². The molecule has 0 amide bonds. The second-order valence-corrected chi connectivity index (χ2v) is 17.7. The lowest BCUT2D eigenvalue weighted by Crippen LogP contribution is -2.04. The van der Waals surface area contributed by atoms with Gasteiger partial charge in [-0.3, -0.25) is 0 Å². The average molecular weight is 978 g/mol. The largest absolute Gasteiger partial charge is 0.308 e. The Labute approximate surface area is 442 Å². The number of hydrogen-bond donors (Lipinski definition) is 0. The van der Waals surface area contributed by atoms with Crippen molar-refractivity contribution in [2.24, 2.45) is 0 Å². The lowest BCUT2D eigenvalue weighted by Gasteiger charge is -2.22. The summed E-state index contributed by atoms with van der Waals surface area (Å²) in [6, 6.07) is 68.5. The molecule has 0 fully saturated rings. The monoisotopic (exact) mass is 977 g/mol. The van der Waals surface area contributed by atoms with Crippen LogP contribution in [0, 0.1) is 76.4 Å². The molecule has 77 heavy (non-hydrogen) atoms. The van der Waals surface area contributed by atoms with Crippen molar-refractivity contribution in [3.63, 3.8) is 0 Å². The number of nitriles is 5. The molecule has 0 saturated heterocycles. The zero-order chi connectivity index (χ0) is 53.2. The van der Waals surface area contributed by atoms with Gasteiger partial charge >= 0.3 is 0 Å². The van der Waals surface area contributed by atoms with Crippen LogP contribution in [0.25, 0.3) is 120 Å². The number of benzene rings is 9. The molecule has 0 spiro atoms. The van der Waals surface area contributed by atoms with Gasteiger partial charge in [-0.2, -0.15) is 26.3 Å². The van der Waals surface area contributed by atoms with Gasteiger partial charge in [0.15, 0.2) is 22.9 Å². The Bertz CT molecular complexity index is 4310. The number of fused-ring (bicyclic) bond motifs is 3. The second-order valence-electron chi connectivity index (χ2n) is 17.7. The van der Waals surface area contributed by atoms with Gasteiger partial charge < -0.3 is 4.57 Å². The summed E-state index contributed by atoms with van der Waals surface area (Å²) in [6.07, 6.45) is 0. The number of nitrogens with zero attached hydrogens (tertiary/aromatic N) is 11. The minimum atomic E-state index is 0.113. The molecule has 2 aromatic heterocycles. The van der Waals surface area contributed by atoms with Gasteiger partial charge in [0.1, 0.15) is 0 Å². The first-order chi connectivity index (χ1) is 37.8. The maximum atomic E-state index is 10.9. The lowest BCUT2D eigenvalue weighted by atomic mass is 9.88. The first-order valence-corrected chi connectivity index (χ1v) is 23.8. The highest BCUT2D eigenvalue weighted by atomic mass is 15.0. The Balaban J connectivity index is 1.31. The van der Waals surface area contributed by atoms with Gasteiger partial charge in [-0.25, -0.2) is 24.5 Å². The van der Waals surface area contributed by atoms with Crippen LogP contribution in [0.2, 0.25) is 0 Å². The molecular weight excluding hydrogens is 947 g/mol. The van der Waals surface area contributed by atoms with Crippen molar-refractivity contribution in [1.29, 1.82) is 26.3 Å². The Morgan fingerprint density at radius 1 is 0.377 bits per heavy atom. The predicted molar refractivity (Wildman–Crippen MR) is 297 cm³/mol. The highest BCUT2D eigenvalue weighted by Crippen LogP contribution is 2.48. The van der Waals surface area contributed by atoms with E-state index in [1.54, 1.807) is 24.3 Å². The van der Waals surface area contributed by atoms with Crippen molar-refractivity contribution in [3.05, 3.63) is 250 Å². The summed E-state index contributed by atoms with van der Waals surface area (Å²) < 4.78 is 2.07. The van der Waals surface area contributed by atoms with E-state index in [1.807, 2.05) is 140 Å². The summed E-state index contributed by atoms with van der Waals surface area (Å²) in [5.74, 6) is 0.492. The average Bonchev–Trinajstić information content (AvgIpc) is 3.87. The van der Waals surface area contributed by atoms with Crippen molar-refractivity contribution in [1.82, 2.24) is 14.5 Å². The molecule has 2 heterocycles. The van der Waals surface area contributed by atoms with Crippen molar-refractivity contribution in [3.8, 4) is 114 Å². The van der Waals surface area contributed by atoms with E-state index >= 15 is 0 Å². The van der Waals surface area contributed by atoms with E-state index in [0.717, 1.165) is 11.1 Å². The van der Waals surface area contributed by atoms with Crippen LogP contribution in [-0.4, -0.2) is 14.5 Å². The zero-order valence-corrected chi connectivity index (χ0v) is 40.3. The minimum absolute atomic E-state index is 0.113. The maximum Gasteiger partial charge on any atom is 0.197 e. The molecule has 0 N–H and O–H groups in total. The van der Waals surface area contributed by atoms with Gasteiger partial charge in [0.2, 0.25) is 0 Å². The summed E-state index contributed by atoms with van der Waals surface area (Å²) in [6.45, 7) is 24.0. The fourth-order valence-electron chi connectivity index (χ4n) is 10.0. The van der Waals surface area contributed by atoms with E-state index in [4.69, 9.17) is 29.7 Å². The molecule has 0 atom stereocenters. The molecule has 0 bridgehead atoms. The molecule has 11 heteroatoms. The number of aromatic nitrogens is 3. The molecule has 0 aliphatic rings. The van der Waals surface area contributed by atoms with E-state index in [9.17, 15) is 26.3 Å². The first kappa shape index (κ1) is 47.1. The summed E-state index contributed by atoms with van der Waals surface area (Å²) in [7, 11) is 0. The standard InChI is InChI=1S/C66H31N11/c1-72-50-28-49(39-71)64(60(33-50)74-3)44-23-25-62-54(30-44)53-29-43(63-48(38-70)26-40(35-67)27-59(63)73-2)22-24-61(53)77(62)65-55(51-20-12-10-18-45(51)36-68)31-47(32-56(65)52-21-13-11-19-46(52)37-69)58-34-57(41-14-6-4-7-15-41)75-66(76-58)42-16-8-5-9-17-42/h4-34H. The van der Waals surface area contributed by atoms with Gasteiger partial charge in [-0.05, 0) is 83.9 Å². The summed E-state index contributed by atoms with van der Waals surface area (Å²) >= 11 is 0. The normalized spacial score (nSPS) is 10.5. The lowest BCUT2D eigenvalue weighted by molar-refractivity contribution is 1.17. The molecule has 350 valence electrons. The summed E-state index contributed by atoms with van der Waals surface area (Å²) in [5, 5.41) is 53.9. The highest BCUT2D eigenvalue weighted by molar-refractivity contribution is 6.14.